The number of pyridine rings is 1. The van der Waals surface area contributed by atoms with Crippen molar-refractivity contribution in [2.45, 2.75) is 26.7 Å². The second-order valence-corrected chi connectivity index (χ2v) is 7.03. The van der Waals surface area contributed by atoms with E-state index in [0.717, 1.165) is 54.7 Å². The number of rotatable bonds is 9. The summed E-state index contributed by atoms with van der Waals surface area (Å²) in [4.78, 5) is 9.41. The first kappa shape index (κ1) is 24.8. The minimum absolute atomic E-state index is 0. The van der Waals surface area contributed by atoms with E-state index in [1.54, 1.807) is 14.2 Å². The lowest BCUT2D eigenvalue weighted by atomic mass is 10.1. The van der Waals surface area contributed by atoms with Crippen LogP contribution in [-0.2, 0) is 12.8 Å². The van der Waals surface area contributed by atoms with E-state index in [0.29, 0.717) is 6.54 Å². The molecule has 0 aliphatic heterocycles. The molecule has 31 heavy (non-hydrogen) atoms. The predicted molar refractivity (Wildman–Crippen MR) is 136 cm³/mol. The fraction of sp³-hybridized carbons (Fsp3) is 0.391. The van der Waals surface area contributed by atoms with Gasteiger partial charge in [0.2, 0.25) is 0 Å². The summed E-state index contributed by atoms with van der Waals surface area (Å²) >= 11 is 0. The number of nitrogens with one attached hydrogen (secondary N) is 2. The van der Waals surface area contributed by atoms with Crippen LogP contribution in [-0.4, -0.2) is 49.2 Å². The highest BCUT2D eigenvalue weighted by Crippen LogP contribution is 2.27. The number of guanidine groups is 1. The van der Waals surface area contributed by atoms with E-state index in [4.69, 9.17) is 19.5 Å². The minimum atomic E-state index is 0. The van der Waals surface area contributed by atoms with Crippen molar-refractivity contribution >= 4 is 35.6 Å². The normalized spacial score (nSPS) is 11.2. The van der Waals surface area contributed by atoms with Crippen molar-refractivity contribution in [2.24, 2.45) is 4.99 Å². The molecule has 1 aromatic carbocycles. The van der Waals surface area contributed by atoms with Crippen molar-refractivity contribution in [1.29, 1.82) is 0 Å². The number of methoxy groups -OCH3 is 2. The number of aromatic nitrogens is 2. The Hall–Kier alpha value is -2.49. The summed E-state index contributed by atoms with van der Waals surface area (Å²) in [6.45, 7) is 6.41. The van der Waals surface area contributed by atoms with Crippen LogP contribution < -0.4 is 20.1 Å². The molecule has 0 fully saturated rings. The molecule has 0 saturated heterocycles. The third-order valence-corrected chi connectivity index (χ3v) is 4.86. The van der Waals surface area contributed by atoms with Crippen LogP contribution in [0.25, 0.3) is 5.65 Å². The zero-order chi connectivity index (χ0) is 21.3. The van der Waals surface area contributed by atoms with Gasteiger partial charge in [-0.25, -0.2) is 4.98 Å². The van der Waals surface area contributed by atoms with Gasteiger partial charge in [-0.3, -0.25) is 4.99 Å². The van der Waals surface area contributed by atoms with E-state index in [1.165, 1.54) is 11.1 Å². The summed E-state index contributed by atoms with van der Waals surface area (Å²) in [5, 5.41) is 6.70. The van der Waals surface area contributed by atoms with E-state index in [2.05, 4.69) is 47.2 Å². The van der Waals surface area contributed by atoms with E-state index in [-0.39, 0.29) is 24.0 Å². The van der Waals surface area contributed by atoms with Gasteiger partial charge in [0.15, 0.2) is 17.5 Å². The van der Waals surface area contributed by atoms with Crippen LogP contribution in [0.15, 0.2) is 47.7 Å². The van der Waals surface area contributed by atoms with Gasteiger partial charge in [-0.15, -0.1) is 24.0 Å². The topological polar surface area (TPSA) is 72.2 Å². The molecule has 0 aliphatic rings. The van der Waals surface area contributed by atoms with Gasteiger partial charge >= 0.3 is 0 Å². The van der Waals surface area contributed by atoms with Crippen molar-refractivity contribution in [3.05, 3.63) is 59.5 Å². The third-order valence-electron chi connectivity index (χ3n) is 4.86. The smallest absolute Gasteiger partial charge is 0.191 e. The average molecular weight is 537 g/mol. The largest absolute Gasteiger partial charge is 0.493 e. The second-order valence-electron chi connectivity index (χ2n) is 7.03. The van der Waals surface area contributed by atoms with E-state index in [1.807, 2.05) is 24.4 Å². The Labute approximate surface area is 201 Å². The Bertz CT molecular complexity index is 1000. The van der Waals surface area contributed by atoms with Crippen molar-refractivity contribution in [3.8, 4) is 11.5 Å². The third kappa shape index (κ3) is 6.75. The number of hydrogen-bond donors (Lipinski definition) is 2. The zero-order valence-corrected chi connectivity index (χ0v) is 21.0. The first-order valence-corrected chi connectivity index (χ1v) is 10.3. The van der Waals surface area contributed by atoms with Gasteiger partial charge in [0, 0.05) is 38.4 Å². The van der Waals surface area contributed by atoms with Gasteiger partial charge in [0.1, 0.15) is 5.65 Å². The fourth-order valence-corrected chi connectivity index (χ4v) is 3.31. The molecule has 0 bridgehead atoms. The quantitative estimate of drug-likeness (QED) is 0.248. The van der Waals surface area contributed by atoms with Crippen LogP contribution >= 0.6 is 24.0 Å². The lowest BCUT2D eigenvalue weighted by Gasteiger charge is -2.12. The SMILES string of the molecule is CCNC(=NCCc1cn2cccc(C)c2n1)NCCc1ccc(OC)c(OC)c1.I. The summed E-state index contributed by atoms with van der Waals surface area (Å²) in [5.41, 5.74) is 4.42. The number of imidazole rings is 1. The standard InChI is InChI=1S/C23H31N5O2.HI/c1-5-24-23(25-12-10-18-8-9-20(29-3)21(15-18)30-4)26-13-11-19-16-28-14-6-7-17(2)22(28)27-19;/h6-9,14-16H,5,10-13H2,1-4H3,(H2,24,25,26);1H. The Morgan fingerprint density at radius 3 is 2.61 bits per heavy atom. The van der Waals surface area contributed by atoms with Gasteiger partial charge in [-0.05, 0) is 49.6 Å². The number of ether oxygens (including phenoxy) is 2. The molecule has 0 unspecified atom stereocenters. The molecule has 0 aliphatic carbocycles. The molecule has 7 nitrogen and oxygen atoms in total. The molecule has 0 amide bonds. The minimum Gasteiger partial charge on any atom is -0.493 e. The van der Waals surface area contributed by atoms with Crippen molar-refractivity contribution in [3.63, 3.8) is 0 Å². The van der Waals surface area contributed by atoms with Crippen molar-refractivity contribution < 1.29 is 9.47 Å². The van der Waals surface area contributed by atoms with E-state index in [9.17, 15) is 0 Å². The number of fused-ring (bicyclic) bond motifs is 1. The average Bonchev–Trinajstić information content (AvgIpc) is 3.18. The second kappa shape index (κ2) is 12.4. The first-order valence-electron chi connectivity index (χ1n) is 10.3. The van der Waals surface area contributed by atoms with E-state index >= 15 is 0 Å². The monoisotopic (exact) mass is 537 g/mol. The molecule has 168 valence electrons. The maximum Gasteiger partial charge on any atom is 0.191 e. The molecule has 3 rings (SSSR count). The number of halogens is 1. The van der Waals surface area contributed by atoms with Crippen LogP contribution in [0, 0.1) is 6.92 Å². The molecule has 8 heteroatoms. The molecule has 0 spiro atoms. The Balaban J connectivity index is 0.00000341. The molecule has 0 atom stereocenters. The lowest BCUT2D eigenvalue weighted by molar-refractivity contribution is 0.354. The summed E-state index contributed by atoms with van der Waals surface area (Å²) in [5.74, 6) is 2.31. The highest BCUT2D eigenvalue weighted by atomic mass is 127. The van der Waals surface area contributed by atoms with Gasteiger partial charge in [-0.1, -0.05) is 12.1 Å². The molecule has 2 aromatic heterocycles. The number of hydrogen-bond acceptors (Lipinski definition) is 4. The van der Waals surface area contributed by atoms with Crippen molar-refractivity contribution in [1.82, 2.24) is 20.0 Å². The molecule has 3 aromatic rings. The molecular weight excluding hydrogens is 505 g/mol. The highest BCUT2D eigenvalue weighted by Gasteiger charge is 2.06. The van der Waals surface area contributed by atoms with Gasteiger partial charge in [0.25, 0.3) is 0 Å². The number of benzene rings is 1. The van der Waals surface area contributed by atoms with E-state index < -0.39 is 0 Å². The first-order chi connectivity index (χ1) is 14.6. The Kier molecular flexibility index (Phi) is 9.90. The van der Waals surface area contributed by atoms with Crippen LogP contribution in [0.5, 0.6) is 11.5 Å². The molecule has 0 saturated carbocycles. The summed E-state index contributed by atoms with van der Waals surface area (Å²) in [6.07, 6.45) is 5.76. The summed E-state index contributed by atoms with van der Waals surface area (Å²) in [6, 6.07) is 10.1. The lowest BCUT2D eigenvalue weighted by Crippen LogP contribution is -2.38. The summed E-state index contributed by atoms with van der Waals surface area (Å²) < 4.78 is 12.7. The number of aliphatic imine (C=N–C) groups is 1. The van der Waals surface area contributed by atoms with Gasteiger partial charge < -0.3 is 24.5 Å². The Morgan fingerprint density at radius 2 is 1.90 bits per heavy atom. The van der Waals surface area contributed by atoms with Gasteiger partial charge in [-0.2, -0.15) is 0 Å². The fourth-order valence-electron chi connectivity index (χ4n) is 3.31. The Morgan fingerprint density at radius 1 is 1.10 bits per heavy atom. The highest BCUT2D eigenvalue weighted by molar-refractivity contribution is 14.0. The molecule has 2 N–H and O–H groups in total. The van der Waals surface area contributed by atoms with Crippen LogP contribution in [0.3, 0.4) is 0 Å². The number of nitrogens with zero attached hydrogens (tertiary/aromatic N) is 3. The molecular formula is C23H32IN5O2. The van der Waals surface area contributed by atoms with Gasteiger partial charge in [0.05, 0.1) is 19.9 Å². The van der Waals surface area contributed by atoms with Crippen LogP contribution in [0.4, 0.5) is 0 Å². The maximum atomic E-state index is 5.38. The molecule has 0 radical (unpaired) electrons. The summed E-state index contributed by atoms with van der Waals surface area (Å²) in [7, 11) is 3.30. The van der Waals surface area contributed by atoms with Crippen LogP contribution in [0.1, 0.15) is 23.7 Å². The maximum absolute atomic E-state index is 5.38. The van der Waals surface area contributed by atoms with Crippen molar-refractivity contribution in [2.75, 3.05) is 33.9 Å². The predicted octanol–water partition coefficient (Wildman–Crippen LogP) is 3.62. The molecule has 2 heterocycles. The van der Waals surface area contributed by atoms with Crippen LogP contribution in [0.2, 0.25) is 0 Å². The zero-order valence-electron chi connectivity index (χ0n) is 18.6. The number of aryl methyl sites for hydroxylation is 1.